The third-order valence-electron chi connectivity index (χ3n) is 4.80. The van der Waals surface area contributed by atoms with Crippen LogP contribution in [-0.2, 0) is 4.74 Å². The summed E-state index contributed by atoms with van der Waals surface area (Å²) >= 11 is 0. The zero-order valence-corrected chi connectivity index (χ0v) is 13.2. The third-order valence-corrected chi connectivity index (χ3v) is 4.80. The van der Waals surface area contributed by atoms with Crippen molar-refractivity contribution in [3.05, 3.63) is 0 Å². The van der Waals surface area contributed by atoms with E-state index in [1.807, 2.05) is 0 Å². The number of nitrogens with one attached hydrogen (secondary N) is 1. The van der Waals surface area contributed by atoms with Gasteiger partial charge in [-0.25, -0.2) is 0 Å². The molecule has 0 saturated carbocycles. The quantitative estimate of drug-likeness (QED) is 0.829. The molecule has 0 aromatic heterocycles. The lowest BCUT2D eigenvalue weighted by Gasteiger charge is -2.33. The van der Waals surface area contributed by atoms with Gasteiger partial charge in [-0.05, 0) is 58.0 Å². The Morgan fingerprint density at radius 2 is 2.00 bits per heavy atom. The molecule has 0 aliphatic carbocycles. The first-order valence-corrected chi connectivity index (χ1v) is 8.15. The van der Waals surface area contributed by atoms with E-state index >= 15 is 0 Å². The summed E-state index contributed by atoms with van der Waals surface area (Å²) in [6, 6.07) is 1.38. The molecular formula is C16H32N2O. The molecule has 2 rings (SSSR count). The summed E-state index contributed by atoms with van der Waals surface area (Å²) in [6.07, 6.45) is 4.20. The molecule has 112 valence electrons. The molecule has 2 aliphatic rings. The molecule has 3 heteroatoms. The van der Waals surface area contributed by atoms with Crippen molar-refractivity contribution in [2.45, 2.75) is 65.1 Å². The Balaban J connectivity index is 1.68. The summed E-state index contributed by atoms with van der Waals surface area (Å²) in [5.41, 5.74) is 0. The van der Waals surface area contributed by atoms with Gasteiger partial charge in [0.05, 0.1) is 6.10 Å². The van der Waals surface area contributed by atoms with Crippen LogP contribution in [0.3, 0.4) is 0 Å². The summed E-state index contributed by atoms with van der Waals surface area (Å²) in [5, 5.41) is 3.80. The molecule has 2 aliphatic heterocycles. The Labute approximate surface area is 119 Å². The summed E-state index contributed by atoms with van der Waals surface area (Å²) in [6.45, 7) is 13.8. The zero-order chi connectivity index (χ0) is 13.8. The number of likely N-dealkylation sites (tertiary alicyclic amines) is 1. The van der Waals surface area contributed by atoms with E-state index in [1.54, 1.807) is 0 Å². The number of rotatable bonds is 5. The molecule has 0 aromatic rings. The summed E-state index contributed by atoms with van der Waals surface area (Å²) in [7, 11) is 0. The highest BCUT2D eigenvalue weighted by Crippen LogP contribution is 2.22. The molecule has 2 heterocycles. The first-order valence-electron chi connectivity index (χ1n) is 8.15. The van der Waals surface area contributed by atoms with E-state index in [9.17, 15) is 0 Å². The average Bonchev–Trinajstić information content (AvgIpc) is 2.85. The normalized spacial score (nSPS) is 33.5. The van der Waals surface area contributed by atoms with Crippen molar-refractivity contribution < 1.29 is 4.74 Å². The predicted octanol–water partition coefficient (Wildman–Crippen LogP) is 2.51. The fourth-order valence-electron chi connectivity index (χ4n) is 3.31. The lowest BCUT2D eigenvalue weighted by atomic mass is 9.95. The second-order valence-electron chi connectivity index (χ2n) is 7.03. The van der Waals surface area contributed by atoms with Crippen LogP contribution < -0.4 is 5.32 Å². The Morgan fingerprint density at radius 1 is 1.21 bits per heavy atom. The van der Waals surface area contributed by atoms with Crippen LogP contribution in [0, 0.1) is 11.8 Å². The van der Waals surface area contributed by atoms with Crippen LogP contribution in [0.15, 0.2) is 0 Å². The van der Waals surface area contributed by atoms with Gasteiger partial charge in [0.2, 0.25) is 0 Å². The third kappa shape index (κ3) is 4.44. The number of nitrogens with zero attached hydrogens (tertiary/aromatic N) is 1. The van der Waals surface area contributed by atoms with Crippen molar-refractivity contribution in [1.29, 1.82) is 0 Å². The number of hydrogen-bond donors (Lipinski definition) is 1. The molecule has 3 unspecified atom stereocenters. The minimum atomic E-state index is 0.460. The van der Waals surface area contributed by atoms with Gasteiger partial charge in [-0.3, -0.25) is 0 Å². The van der Waals surface area contributed by atoms with Crippen molar-refractivity contribution in [2.75, 3.05) is 26.2 Å². The summed E-state index contributed by atoms with van der Waals surface area (Å²) in [5.74, 6) is 1.50. The van der Waals surface area contributed by atoms with Gasteiger partial charge in [0.25, 0.3) is 0 Å². The lowest BCUT2D eigenvalue weighted by Crippen LogP contribution is -2.43. The maximum absolute atomic E-state index is 5.84. The first-order chi connectivity index (χ1) is 9.06. The standard InChI is InChI=1S/C16H32N2O/c1-12(2)16-9-15(6-8-19-16)17-10-14-5-7-18(11-14)13(3)4/h12-17H,5-11H2,1-4H3. The van der Waals surface area contributed by atoms with Crippen LogP contribution >= 0.6 is 0 Å². The van der Waals surface area contributed by atoms with Crippen LogP contribution in [0.5, 0.6) is 0 Å². The Morgan fingerprint density at radius 3 is 2.63 bits per heavy atom. The Hall–Kier alpha value is -0.120. The van der Waals surface area contributed by atoms with Gasteiger partial charge < -0.3 is 15.0 Å². The fourth-order valence-corrected chi connectivity index (χ4v) is 3.31. The van der Waals surface area contributed by atoms with Crippen molar-refractivity contribution in [1.82, 2.24) is 10.2 Å². The van der Waals surface area contributed by atoms with E-state index in [0.29, 0.717) is 24.1 Å². The lowest BCUT2D eigenvalue weighted by molar-refractivity contribution is -0.0247. The molecule has 2 saturated heterocycles. The summed E-state index contributed by atoms with van der Waals surface area (Å²) in [4.78, 5) is 2.60. The van der Waals surface area contributed by atoms with Gasteiger partial charge in [-0.2, -0.15) is 0 Å². The smallest absolute Gasteiger partial charge is 0.0612 e. The molecule has 2 fully saturated rings. The summed E-state index contributed by atoms with van der Waals surface area (Å²) < 4.78 is 5.84. The molecule has 3 nitrogen and oxygen atoms in total. The van der Waals surface area contributed by atoms with Gasteiger partial charge in [0.15, 0.2) is 0 Å². The highest BCUT2D eigenvalue weighted by atomic mass is 16.5. The van der Waals surface area contributed by atoms with E-state index in [-0.39, 0.29) is 0 Å². The van der Waals surface area contributed by atoms with Crippen LogP contribution in [0.2, 0.25) is 0 Å². The molecule has 3 atom stereocenters. The SMILES string of the molecule is CC(C)C1CC(NCC2CCN(C(C)C)C2)CCO1. The fraction of sp³-hybridized carbons (Fsp3) is 1.00. The minimum absolute atomic E-state index is 0.460. The van der Waals surface area contributed by atoms with Crippen molar-refractivity contribution in [3.63, 3.8) is 0 Å². The molecule has 0 radical (unpaired) electrons. The largest absolute Gasteiger partial charge is 0.378 e. The second kappa shape index (κ2) is 7.05. The average molecular weight is 268 g/mol. The number of hydrogen-bond acceptors (Lipinski definition) is 3. The number of ether oxygens (including phenoxy) is 1. The van der Waals surface area contributed by atoms with Gasteiger partial charge in [-0.15, -0.1) is 0 Å². The Kier molecular flexibility index (Phi) is 5.67. The molecule has 1 N–H and O–H groups in total. The van der Waals surface area contributed by atoms with Gasteiger partial charge in [0, 0.05) is 25.2 Å². The Bertz CT molecular complexity index is 267. The first kappa shape index (κ1) is 15.3. The van der Waals surface area contributed by atoms with Crippen LogP contribution in [-0.4, -0.2) is 49.3 Å². The maximum Gasteiger partial charge on any atom is 0.0612 e. The minimum Gasteiger partial charge on any atom is -0.378 e. The monoisotopic (exact) mass is 268 g/mol. The molecule has 0 bridgehead atoms. The highest BCUT2D eigenvalue weighted by molar-refractivity contribution is 4.83. The highest BCUT2D eigenvalue weighted by Gasteiger charge is 2.27. The van der Waals surface area contributed by atoms with Crippen LogP contribution in [0.1, 0.15) is 47.0 Å². The van der Waals surface area contributed by atoms with Gasteiger partial charge >= 0.3 is 0 Å². The van der Waals surface area contributed by atoms with E-state index in [0.717, 1.165) is 12.5 Å². The van der Waals surface area contributed by atoms with Crippen molar-refractivity contribution in [3.8, 4) is 0 Å². The predicted molar refractivity (Wildman–Crippen MR) is 80.4 cm³/mol. The van der Waals surface area contributed by atoms with Crippen LogP contribution in [0.4, 0.5) is 0 Å². The molecular weight excluding hydrogens is 236 g/mol. The van der Waals surface area contributed by atoms with E-state index < -0.39 is 0 Å². The topological polar surface area (TPSA) is 24.5 Å². The van der Waals surface area contributed by atoms with Crippen molar-refractivity contribution >= 4 is 0 Å². The van der Waals surface area contributed by atoms with Crippen LogP contribution in [0.25, 0.3) is 0 Å². The molecule has 0 spiro atoms. The molecule has 0 aromatic carbocycles. The zero-order valence-electron chi connectivity index (χ0n) is 13.2. The van der Waals surface area contributed by atoms with E-state index in [1.165, 1.54) is 38.9 Å². The van der Waals surface area contributed by atoms with Gasteiger partial charge in [0.1, 0.15) is 0 Å². The second-order valence-corrected chi connectivity index (χ2v) is 7.03. The molecule has 19 heavy (non-hydrogen) atoms. The molecule has 0 amide bonds. The van der Waals surface area contributed by atoms with Gasteiger partial charge in [-0.1, -0.05) is 13.8 Å². The van der Waals surface area contributed by atoms with Crippen molar-refractivity contribution in [2.24, 2.45) is 11.8 Å². The van der Waals surface area contributed by atoms with E-state index in [4.69, 9.17) is 4.74 Å². The van der Waals surface area contributed by atoms with E-state index in [2.05, 4.69) is 37.9 Å². The maximum atomic E-state index is 5.84.